The van der Waals surface area contributed by atoms with Crippen LogP contribution in [0.3, 0.4) is 0 Å². The van der Waals surface area contributed by atoms with Gasteiger partial charge in [-0.1, -0.05) is 49.7 Å². The fourth-order valence-electron chi connectivity index (χ4n) is 3.27. The molecule has 1 aliphatic heterocycles. The zero-order valence-electron chi connectivity index (χ0n) is 12.0. The van der Waals surface area contributed by atoms with E-state index in [1.54, 1.807) is 0 Å². The molecule has 20 heavy (non-hydrogen) atoms. The molecule has 2 aromatic rings. The summed E-state index contributed by atoms with van der Waals surface area (Å²) in [7, 11) is 0. The average molecular weight is 269 g/mol. The first-order valence-corrected chi connectivity index (χ1v) is 7.68. The van der Waals surface area contributed by atoms with Crippen molar-refractivity contribution in [3.8, 4) is 0 Å². The normalized spacial score (nSPS) is 24.7. The Labute approximate surface area is 120 Å². The van der Waals surface area contributed by atoms with Gasteiger partial charge in [0.2, 0.25) is 0 Å². The lowest BCUT2D eigenvalue weighted by atomic mass is 9.86. The molecule has 3 rings (SSSR count). The van der Waals surface area contributed by atoms with Gasteiger partial charge >= 0.3 is 0 Å². The van der Waals surface area contributed by atoms with Gasteiger partial charge in [-0.15, -0.1) is 0 Å². The lowest BCUT2D eigenvalue weighted by molar-refractivity contribution is 0.0980. The van der Waals surface area contributed by atoms with Gasteiger partial charge in [0.1, 0.15) is 0 Å². The van der Waals surface area contributed by atoms with Crippen LogP contribution >= 0.6 is 0 Å². The van der Waals surface area contributed by atoms with E-state index in [4.69, 9.17) is 0 Å². The lowest BCUT2D eigenvalue weighted by Gasteiger charge is -2.33. The predicted octanol–water partition coefficient (Wildman–Crippen LogP) is 3.65. The fourth-order valence-corrected chi connectivity index (χ4v) is 3.27. The Bertz CT molecular complexity index is 580. The van der Waals surface area contributed by atoms with Crippen molar-refractivity contribution in [2.24, 2.45) is 5.92 Å². The molecule has 0 aliphatic carbocycles. The average Bonchev–Trinajstić information content (AvgIpc) is 2.53. The summed E-state index contributed by atoms with van der Waals surface area (Å²) in [6.07, 6.45) is 3.11. The van der Waals surface area contributed by atoms with Gasteiger partial charge in [0.25, 0.3) is 0 Å². The van der Waals surface area contributed by atoms with Crippen molar-refractivity contribution < 1.29 is 5.11 Å². The first-order chi connectivity index (χ1) is 9.78. The van der Waals surface area contributed by atoms with E-state index in [1.165, 1.54) is 23.6 Å². The van der Waals surface area contributed by atoms with E-state index >= 15 is 0 Å². The van der Waals surface area contributed by atoms with Gasteiger partial charge < -0.3 is 10.4 Å². The summed E-state index contributed by atoms with van der Waals surface area (Å²) < 4.78 is 0. The van der Waals surface area contributed by atoms with Crippen molar-refractivity contribution in [1.82, 2.24) is 5.32 Å². The summed E-state index contributed by atoms with van der Waals surface area (Å²) in [5, 5.41) is 16.6. The maximum Gasteiger partial charge on any atom is 0.0943 e. The van der Waals surface area contributed by atoms with Crippen molar-refractivity contribution in [1.29, 1.82) is 0 Å². The SMILES string of the molecule is CCC1CCNC(C(O)c2ccc3ccccc3c2)C1. The molecule has 106 valence electrons. The highest BCUT2D eigenvalue weighted by molar-refractivity contribution is 5.83. The number of aliphatic hydroxyl groups is 1. The number of nitrogens with one attached hydrogen (secondary N) is 1. The highest BCUT2D eigenvalue weighted by atomic mass is 16.3. The monoisotopic (exact) mass is 269 g/mol. The van der Waals surface area contributed by atoms with Crippen molar-refractivity contribution in [3.63, 3.8) is 0 Å². The molecule has 1 saturated heterocycles. The summed E-state index contributed by atoms with van der Waals surface area (Å²) in [5.41, 5.74) is 1.03. The lowest BCUT2D eigenvalue weighted by Crippen LogP contribution is -2.42. The van der Waals surface area contributed by atoms with Crippen LogP contribution in [0.5, 0.6) is 0 Å². The number of piperidine rings is 1. The summed E-state index contributed by atoms with van der Waals surface area (Å²) in [4.78, 5) is 0. The van der Waals surface area contributed by atoms with Crippen LogP contribution < -0.4 is 5.32 Å². The van der Waals surface area contributed by atoms with Crippen LogP contribution in [0.25, 0.3) is 10.8 Å². The molecular formula is C18H23NO. The second-order valence-corrected chi connectivity index (χ2v) is 5.91. The van der Waals surface area contributed by atoms with Crippen LogP contribution in [0.15, 0.2) is 42.5 Å². The van der Waals surface area contributed by atoms with E-state index in [0.29, 0.717) is 0 Å². The summed E-state index contributed by atoms with van der Waals surface area (Å²) in [6.45, 7) is 3.27. The highest BCUT2D eigenvalue weighted by Crippen LogP contribution is 2.29. The Hall–Kier alpha value is -1.38. The third kappa shape index (κ3) is 2.72. The third-order valence-electron chi connectivity index (χ3n) is 4.62. The molecule has 1 fully saturated rings. The second-order valence-electron chi connectivity index (χ2n) is 5.91. The molecule has 2 aromatic carbocycles. The molecule has 2 heteroatoms. The molecule has 1 heterocycles. The number of benzene rings is 2. The minimum Gasteiger partial charge on any atom is -0.387 e. The van der Waals surface area contributed by atoms with Gasteiger partial charge in [0.15, 0.2) is 0 Å². The van der Waals surface area contributed by atoms with Gasteiger partial charge in [-0.05, 0) is 47.7 Å². The second kappa shape index (κ2) is 5.94. The fraction of sp³-hybridized carbons (Fsp3) is 0.444. The first kappa shape index (κ1) is 13.6. The van der Waals surface area contributed by atoms with E-state index in [0.717, 1.165) is 24.4 Å². The Balaban J connectivity index is 1.82. The predicted molar refractivity (Wildman–Crippen MR) is 83.7 cm³/mol. The van der Waals surface area contributed by atoms with Crippen LogP contribution in [0.4, 0.5) is 0 Å². The molecule has 2 N–H and O–H groups in total. The zero-order valence-corrected chi connectivity index (χ0v) is 12.0. The Morgan fingerprint density at radius 1 is 1.20 bits per heavy atom. The first-order valence-electron chi connectivity index (χ1n) is 7.68. The van der Waals surface area contributed by atoms with Gasteiger partial charge in [-0.3, -0.25) is 0 Å². The maximum absolute atomic E-state index is 10.7. The Kier molecular flexibility index (Phi) is 4.04. The van der Waals surface area contributed by atoms with Crippen molar-refractivity contribution in [2.45, 2.75) is 38.3 Å². The minimum absolute atomic E-state index is 0.190. The molecule has 1 aliphatic rings. The number of hydrogen-bond acceptors (Lipinski definition) is 2. The topological polar surface area (TPSA) is 32.3 Å². The largest absolute Gasteiger partial charge is 0.387 e. The van der Waals surface area contributed by atoms with Crippen LogP contribution in [0, 0.1) is 5.92 Å². The molecule has 0 saturated carbocycles. The molecule has 3 unspecified atom stereocenters. The van der Waals surface area contributed by atoms with Crippen molar-refractivity contribution in [2.75, 3.05) is 6.54 Å². The van der Waals surface area contributed by atoms with Gasteiger partial charge in [-0.25, -0.2) is 0 Å². The molecule has 2 nitrogen and oxygen atoms in total. The van der Waals surface area contributed by atoms with Crippen LogP contribution in [-0.2, 0) is 0 Å². The van der Waals surface area contributed by atoms with E-state index in [9.17, 15) is 5.11 Å². The molecule has 0 amide bonds. The number of aliphatic hydroxyl groups excluding tert-OH is 1. The van der Waals surface area contributed by atoms with Crippen LogP contribution in [0.2, 0.25) is 0 Å². The minimum atomic E-state index is -0.408. The van der Waals surface area contributed by atoms with E-state index in [1.807, 2.05) is 12.1 Å². The number of fused-ring (bicyclic) bond motifs is 1. The molecule has 0 aromatic heterocycles. The standard InChI is InChI=1S/C18H23NO/c1-2-13-9-10-19-17(11-13)18(20)16-8-7-14-5-3-4-6-15(14)12-16/h3-8,12-13,17-20H,2,9-11H2,1H3. The van der Waals surface area contributed by atoms with E-state index < -0.39 is 6.10 Å². The highest BCUT2D eigenvalue weighted by Gasteiger charge is 2.27. The molecule has 0 bridgehead atoms. The molecular weight excluding hydrogens is 246 g/mol. The molecule has 0 spiro atoms. The van der Waals surface area contributed by atoms with E-state index in [-0.39, 0.29) is 6.04 Å². The number of rotatable bonds is 3. The quantitative estimate of drug-likeness (QED) is 0.891. The Morgan fingerprint density at radius 3 is 2.80 bits per heavy atom. The maximum atomic E-state index is 10.7. The molecule has 0 radical (unpaired) electrons. The van der Waals surface area contributed by atoms with Crippen LogP contribution in [0.1, 0.15) is 37.9 Å². The van der Waals surface area contributed by atoms with Crippen molar-refractivity contribution in [3.05, 3.63) is 48.0 Å². The summed E-state index contributed by atoms with van der Waals surface area (Å²) in [6, 6.07) is 14.8. The van der Waals surface area contributed by atoms with Gasteiger partial charge in [-0.2, -0.15) is 0 Å². The number of hydrogen-bond donors (Lipinski definition) is 2. The zero-order chi connectivity index (χ0) is 13.9. The van der Waals surface area contributed by atoms with E-state index in [2.05, 4.69) is 42.6 Å². The smallest absolute Gasteiger partial charge is 0.0943 e. The van der Waals surface area contributed by atoms with Gasteiger partial charge in [0, 0.05) is 6.04 Å². The molecule has 3 atom stereocenters. The van der Waals surface area contributed by atoms with Gasteiger partial charge in [0.05, 0.1) is 6.10 Å². The van der Waals surface area contributed by atoms with Crippen molar-refractivity contribution >= 4 is 10.8 Å². The third-order valence-corrected chi connectivity index (χ3v) is 4.62. The summed E-state index contributed by atoms with van der Waals surface area (Å²) >= 11 is 0. The Morgan fingerprint density at radius 2 is 2.00 bits per heavy atom. The summed E-state index contributed by atoms with van der Waals surface area (Å²) in [5.74, 6) is 0.747. The van der Waals surface area contributed by atoms with Crippen LogP contribution in [-0.4, -0.2) is 17.7 Å².